The maximum absolute atomic E-state index is 12.6. The van der Waals surface area contributed by atoms with E-state index < -0.39 is 0 Å². The molecule has 0 aliphatic heterocycles. The Hall–Kier alpha value is -1.93. The summed E-state index contributed by atoms with van der Waals surface area (Å²) in [5, 5.41) is 9.11. The molecule has 0 aliphatic carbocycles. The topological polar surface area (TPSA) is 37.3 Å². The van der Waals surface area contributed by atoms with Crippen molar-refractivity contribution in [2.75, 3.05) is 6.61 Å². The van der Waals surface area contributed by atoms with Crippen LogP contribution in [0.2, 0.25) is 0 Å². The van der Waals surface area contributed by atoms with Crippen molar-refractivity contribution in [3.05, 3.63) is 82.0 Å². The second-order valence-electron chi connectivity index (χ2n) is 4.12. The lowest BCUT2D eigenvalue weighted by Gasteiger charge is -2.05. The summed E-state index contributed by atoms with van der Waals surface area (Å²) in [6, 6.07) is 18.3. The SMILES string of the molecule is O=C(C(=C=C(Br)CO)c1ccccc1)c1ccccc1. The van der Waals surface area contributed by atoms with Gasteiger partial charge in [0.1, 0.15) is 0 Å². The van der Waals surface area contributed by atoms with Gasteiger partial charge in [0.05, 0.1) is 16.7 Å². The second kappa shape index (κ2) is 7.01. The molecule has 3 heteroatoms. The van der Waals surface area contributed by atoms with Gasteiger partial charge in [-0.1, -0.05) is 66.4 Å². The predicted octanol–water partition coefficient (Wildman–Crippen LogP) is 3.82. The van der Waals surface area contributed by atoms with Crippen molar-refractivity contribution in [2.24, 2.45) is 0 Å². The highest BCUT2D eigenvalue weighted by atomic mass is 79.9. The first-order valence-electron chi connectivity index (χ1n) is 6.13. The van der Waals surface area contributed by atoms with Gasteiger partial charge in [0, 0.05) is 5.56 Å². The Balaban J connectivity index is 2.55. The van der Waals surface area contributed by atoms with E-state index in [1.165, 1.54) is 0 Å². The fourth-order valence-corrected chi connectivity index (χ4v) is 1.97. The number of rotatable bonds is 4. The molecule has 0 unspecified atom stereocenters. The highest BCUT2D eigenvalue weighted by molar-refractivity contribution is 9.11. The quantitative estimate of drug-likeness (QED) is 0.526. The van der Waals surface area contributed by atoms with Crippen molar-refractivity contribution < 1.29 is 9.90 Å². The first-order chi connectivity index (χ1) is 9.72. The van der Waals surface area contributed by atoms with Gasteiger partial charge in [-0.2, -0.15) is 0 Å². The molecule has 2 aromatic rings. The Morgan fingerprint density at radius 3 is 1.95 bits per heavy atom. The highest BCUT2D eigenvalue weighted by Gasteiger charge is 2.13. The van der Waals surface area contributed by atoms with Gasteiger partial charge < -0.3 is 5.11 Å². The molecule has 0 atom stereocenters. The molecule has 0 amide bonds. The zero-order valence-electron chi connectivity index (χ0n) is 10.7. The summed E-state index contributed by atoms with van der Waals surface area (Å²) < 4.78 is 0.445. The molecule has 0 saturated carbocycles. The van der Waals surface area contributed by atoms with Crippen molar-refractivity contribution in [3.63, 3.8) is 0 Å². The van der Waals surface area contributed by atoms with Gasteiger partial charge in [-0.3, -0.25) is 4.79 Å². The maximum atomic E-state index is 12.6. The number of carbonyl (C=O) groups is 1. The summed E-state index contributed by atoms with van der Waals surface area (Å²) in [5.41, 5.74) is 4.72. The normalized spacial score (nSPS) is 9.70. The van der Waals surface area contributed by atoms with Crippen molar-refractivity contribution >= 4 is 27.3 Å². The fourth-order valence-electron chi connectivity index (χ4n) is 1.77. The van der Waals surface area contributed by atoms with Crippen LogP contribution in [0.25, 0.3) is 5.57 Å². The van der Waals surface area contributed by atoms with E-state index in [0.29, 0.717) is 15.6 Å². The molecule has 20 heavy (non-hydrogen) atoms. The Kier molecular flexibility index (Phi) is 5.08. The molecule has 2 nitrogen and oxygen atoms in total. The van der Waals surface area contributed by atoms with E-state index in [0.717, 1.165) is 5.56 Å². The molecule has 0 saturated heterocycles. The number of hydrogen-bond donors (Lipinski definition) is 1. The molecule has 0 heterocycles. The van der Waals surface area contributed by atoms with E-state index in [2.05, 4.69) is 21.7 Å². The maximum Gasteiger partial charge on any atom is 0.201 e. The second-order valence-corrected chi connectivity index (χ2v) is 5.08. The van der Waals surface area contributed by atoms with Crippen LogP contribution >= 0.6 is 15.9 Å². The number of aliphatic hydroxyl groups excluding tert-OH is 1. The Morgan fingerprint density at radius 2 is 1.45 bits per heavy atom. The lowest BCUT2D eigenvalue weighted by Crippen LogP contribution is -2.02. The lowest BCUT2D eigenvalue weighted by molar-refractivity contribution is 0.105. The van der Waals surface area contributed by atoms with E-state index in [1.807, 2.05) is 48.5 Å². The molecule has 2 rings (SSSR count). The zero-order chi connectivity index (χ0) is 14.4. The van der Waals surface area contributed by atoms with Gasteiger partial charge in [0.25, 0.3) is 0 Å². The van der Waals surface area contributed by atoms with Gasteiger partial charge in [-0.15, -0.1) is 0 Å². The summed E-state index contributed by atoms with van der Waals surface area (Å²) in [4.78, 5) is 12.6. The largest absolute Gasteiger partial charge is 0.390 e. The van der Waals surface area contributed by atoms with Gasteiger partial charge in [0.2, 0.25) is 5.78 Å². The third-order valence-corrected chi connectivity index (χ3v) is 3.17. The predicted molar refractivity (Wildman–Crippen MR) is 83.7 cm³/mol. The Labute approximate surface area is 126 Å². The average molecular weight is 329 g/mol. The molecule has 2 aromatic carbocycles. The summed E-state index contributed by atoms with van der Waals surface area (Å²) in [6.07, 6.45) is 0. The molecular formula is C17H13BrO2. The summed E-state index contributed by atoms with van der Waals surface area (Å²) in [6.45, 7) is -0.196. The van der Waals surface area contributed by atoms with Crippen LogP contribution in [-0.4, -0.2) is 17.5 Å². The lowest BCUT2D eigenvalue weighted by atomic mass is 9.97. The molecule has 0 bridgehead atoms. The number of carbonyl (C=O) groups excluding carboxylic acids is 1. The smallest absolute Gasteiger partial charge is 0.201 e. The molecule has 0 spiro atoms. The van der Waals surface area contributed by atoms with Crippen LogP contribution in [0.5, 0.6) is 0 Å². The first kappa shape index (κ1) is 14.5. The molecule has 1 N–H and O–H groups in total. The van der Waals surface area contributed by atoms with Crippen molar-refractivity contribution in [3.8, 4) is 0 Å². The van der Waals surface area contributed by atoms with Crippen molar-refractivity contribution in [1.29, 1.82) is 0 Å². The minimum absolute atomic E-state index is 0.123. The Morgan fingerprint density at radius 1 is 0.950 bits per heavy atom. The van der Waals surface area contributed by atoms with Crippen LogP contribution in [0.1, 0.15) is 15.9 Å². The van der Waals surface area contributed by atoms with Gasteiger partial charge >= 0.3 is 0 Å². The van der Waals surface area contributed by atoms with Crippen molar-refractivity contribution in [1.82, 2.24) is 0 Å². The molecule has 0 aromatic heterocycles. The van der Waals surface area contributed by atoms with Crippen LogP contribution in [0.4, 0.5) is 0 Å². The van der Waals surface area contributed by atoms with E-state index in [1.54, 1.807) is 12.1 Å². The monoisotopic (exact) mass is 328 g/mol. The van der Waals surface area contributed by atoms with E-state index in [9.17, 15) is 4.79 Å². The molecule has 0 radical (unpaired) electrons. The first-order valence-corrected chi connectivity index (χ1v) is 6.93. The standard InChI is InChI=1S/C17H13BrO2/c18-15(12-19)11-16(13-7-3-1-4-8-13)17(20)14-9-5-2-6-10-14/h1-10,19H,12H2. The van der Waals surface area contributed by atoms with Gasteiger partial charge in [-0.05, 0) is 21.5 Å². The fraction of sp³-hybridized carbons (Fsp3) is 0.0588. The van der Waals surface area contributed by atoms with E-state index in [4.69, 9.17) is 5.11 Å². The molecule has 100 valence electrons. The van der Waals surface area contributed by atoms with Crippen LogP contribution in [0.3, 0.4) is 0 Å². The van der Waals surface area contributed by atoms with Gasteiger partial charge in [-0.25, -0.2) is 0 Å². The average Bonchev–Trinajstić information content (AvgIpc) is 2.53. The van der Waals surface area contributed by atoms with Crippen LogP contribution in [-0.2, 0) is 0 Å². The third-order valence-electron chi connectivity index (χ3n) is 2.72. The summed E-state index contributed by atoms with van der Waals surface area (Å²) >= 11 is 3.20. The molecular weight excluding hydrogens is 316 g/mol. The van der Waals surface area contributed by atoms with E-state index >= 15 is 0 Å². The van der Waals surface area contributed by atoms with Crippen LogP contribution in [0, 0.1) is 0 Å². The zero-order valence-corrected chi connectivity index (χ0v) is 12.3. The number of hydrogen-bond acceptors (Lipinski definition) is 2. The van der Waals surface area contributed by atoms with Crippen LogP contribution in [0.15, 0.2) is 70.9 Å². The third kappa shape index (κ3) is 3.55. The number of benzene rings is 2. The number of ketones is 1. The number of Topliss-reactive ketones (excluding diaryl/α,β-unsaturated/α-hetero) is 1. The minimum atomic E-state index is -0.196. The molecule has 0 fully saturated rings. The van der Waals surface area contributed by atoms with E-state index in [-0.39, 0.29) is 12.4 Å². The highest BCUT2D eigenvalue weighted by Crippen LogP contribution is 2.20. The number of aliphatic hydroxyl groups is 1. The number of halogens is 1. The summed E-state index contributed by atoms with van der Waals surface area (Å²) in [5.74, 6) is -0.123. The summed E-state index contributed by atoms with van der Waals surface area (Å²) in [7, 11) is 0. The van der Waals surface area contributed by atoms with Gasteiger partial charge in [0.15, 0.2) is 0 Å². The minimum Gasteiger partial charge on any atom is -0.390 e. The van der Waals surface area contributed by atoms with Crippen LogP contribution < -0.4 is 0 Å². The van der Waals surface area contributed by atoms with Crippen molar-refractivity contribution in [2.45, 2.75) is 0 Å². The molecule has 0 aliphatic rings. The Bertz CT molecular complexity index is 654.